The summed E-state index contributed by atoms with van der Waals surface area (Å²) in [4.78, 5) is 23.4. The minimum atomic E-state index is -0.745. The lowest BCUT2D eigenvalue weighted by molar-refractivity contribution is -0.150. The zero-order chi connectivity index (χ0) is 15.7. The van der Waals surface area contributed by atoms with E-state index in [1.165, 1.54) is 0 Å². The van der Waals surface area contributed by atoms with Crippen LogP contribution < -0.4 is 11.1 Å². The SMILES string of the molecule is CC(C)[C@H](N)C(=O)NC1CCC(C(=O)O)C(C)(C)C1C. The van der Waals surface area contributed by atoms with Gasteiger partial charge in [0, 0.05) is 6.04 Å². The molecule has 0 saturated heterocycles. The first-order valence-electron chi connectivity index (χ1n) is 7.37. The highest BCUT2D eigenvalue weighted by Crippen LogP contribution is 2.45. The molecule has 20 heavy (non-hydrogen) atoms. The molecule has 0 aromatic carbocycles. The van der Waals surface area contributed by atoms with E-state index in [1.807, 2.05) is 34.6 Å². The maximum atomic E-state index is 12.1. The zero-order valence-corrected chi connectivity index (χ0v) is 13.1. The lowest BCUT2D eigenvalue weighted by atomic mass is 9.61. The van der Waals surface area contributed by atoms with Crippen LogP contribution in [-0.4, -0.2) is 29.1 Å². The number of hydrogen-bond donors (Lipinski definition) is 3. The average Bonchev–Trinajstić information content (AvgIpc) is 2.33. The summed E-state index contributed by atoms with van der Waals surface area (Å²) in [6, 6.07) is -0.514. The summed E-state index contributed by atoms with van der Waals surface area (Å²) in [5.74, 6) is -1.05. The molecule has 0 bridgehead atoms. The molecule has 0 heterocycles. The predicted octanol–water partition coefficient (Wildman–Crippen LogP) is 1.61. The highest BCUT2D eigenvalue weighted by Gasteiger charge is 2.46. The van der Waals surface area contributed by atoms with Crippen molar-refractivity contribution in [3.63, 3.8) is 0 Å². The Hall–Kier alpha value is -1.10. The van der Waals surface area contributed by atoms with Crippen molar-refractivity contribution in [1.82, 2.24) is 5.32 Å². The maximum Gasteiger partial charge on any atom is 0.307 e. The minimum absolute atomic E-state index is 0.00194. The van der Waals surface area contributed by atoms with Crippen molar-refractivity contribution in [3.8, 4) is 0 Å². The van der Waals surface area contributed by atoms with Gasteiger partial charge < -0.3 is 16.2 Å². The van der Waals surface area contributed by atoms with Gasteiger partial charge in [-0.25, -0.2) is 0 Å². The molecule has 1 aliphatic carbocycles. The fourth-order valence-corrected chi connectivity index (χ4v) is 3.02. The van der Waals surface area contributed by atoms with Crippen molar-refractivity contribution in [2.75, 3.05) is 0 Å². The van der Waals surface area contributed by atoms with E-state index in [9.17, 15) is 14.7 Å². The minimum Gasteiger partial charge on any atom is -0.481 e. The molecular weight excluding hydrogens is 256 g/mol. The molecule has 0 aromatic heterocycles. The van der Waals surface area contributed by atoms with Crippen LogP contribution in [0.4, 0.5) is 0 Å². The van der Waals surface area contributed by atoms with Crippen LogP contribution in [0.25, 0.3) is 0 Å². The maximum absolute atomic E-state index is 12.1. The number of amides is 1. The summed E-state index contributed by atoms with van der Waals surface area (Å²) < 4.78 is 0. The lowest BCUT2D eigenvalue weighted by Crippen LogP contribution is -2.55. The number of aliphatic carboxylic acids is 1. The topological polar surface area (TPSA) is 92.4 Å². The van der Waals surface area contributed by atoms with Gasteiger partial charge in [0.1, 0.15) is 0 Å². The van der Waals surface area contributed by atoms with Gasteiger partial charge in [0.15, 0.2) is 0 Å². The van der Waals surface area contributed by atoms with Crippen LogP contribution in [0.5, 0.6) is 0 Å². The third-order valence-electron chi connectivity index (χ3n) is 5.09. The first-order chi connectivity index (χ1) is 9.09. The molecule has 5 nitrogen and oxygen atoms in total. The Morgan fingerprint density at radius 1 is 1.30 bits per heavy atom. The van der Waals surface area contributed by atoms with Crippen LogP contribution in [0.3, 0.4) is 0 Å². The van der Waals surface area contributed by atoms with Gasteiger partial charge >= 0.3 is 5.97 Å². The van der Waals surface area contributed by atoms with E-state index in [1.54, 1.807) is 0 Å². The Morgan fingerprint density at radius 2 is 1.85 bits per heavy atom. The molecule has 0 aliphatic heterocycles. The fraction of sp³-hybridized carbons (Fsp3) is 0.867. The fourth-order valence-electron chi connectivity index (χ4n) is 3.02. The van der Waals surface area contributed by atoms with E-state index in [0.29, 0.717) is 12.8 Å². The van der Waals surface area contributed by atoms with E-state index in [-0.39, 0.29) is 35.1 Å². The number of hydrogen-bond acceptors (Lipinski definition) is 3. The number of nitrogens with two attached hydrogens (primary N) is 1. The second-order valence-corrected chi connectivity index (χ2v) is 6.96. The molecule has 1 fully saturated rings. The Morgan fingerprint density at radius 3 is 2.30 bits per heavy atom. The molecule has 3 unspecified atom stereocenters. The third kappa shape index (κ3) is 3.32. The molecule has 5 heteroatoms. The van der Waals surface area contributed by atoms with Crippen LogP contribution >= 0.6 is 0 Å². The quantitative estimate of drug-likeness (QED) is 0.731. The van der Waals surface area contributed by atoms with E-state index >= 15 is 0 Å². The first kappa shape index (κ1) is 17.0. The third-order valence-corrected chi connectivity index (χ3v) is 5.09. The summed E-state index contributed by atoms with van der Waals surface area (Å²) in [7, 11) is 0. The van der Waals surface area contributed by atoms with Gasteiger partial charge in [0.25, 0.3) is 0 Å². The molecule has 4 N–H and O–H groups in total. The van der Waals surface area contributed by atoms with E-state index in [0.717, 1.165) is 0 Å². The van der Waals surface area contributed by atoms with Crippen molar-refractivity contribution >= 4 is 11.9 Å². The summed E-state index contributed by atoms with van der Waals surface area (Å²) in [5, 5.41) is 12.3. The molecule has 0 radical (unpaired) electrons. The lowest BCUT2D eigenvalue weighted by Gasteiger charge is -2.46. The van der Waals surface area contributed by atoms with Gasteiger partial charge in [0.2, 0.25) is 5.91 Å². The van der Waals surface area contributed by atoms with Gasteiger partial charge in [0.05, 0.1) is 12.0 Å². The molecular formula is C15H28N2O3. The molecule has 0 spiro atoms. The molecule has 1 saturated carbocycles. The van der Waals surface area contributed by atoms with Gasteiger partial charge in [-0.3, -0.25) is 9.59 Å². The monoisotopic (exact) mass is 284 g/mol. The number of carbonyl (C=O) groups excluding carboxylic acids is 1. The Kier molecular flexibility index (Phi) is 5.19. The highest BCUT2D eigenvalue weighted by molar-refractivity contribution is 5.82. The summed E-state index contributed by atoms with van der Waals surface area (Å²) >= 11 is 0. The van der Waals surface area contributed by atoms with E-state index in [4.69, 9.17) is 5.73 Å². The van der Waals surface area contributed by atoms with E-state index in [2.05, 4.69) is 5.32 Å². The summed E-state index contributed by atoms with van der Waals surface area (Å²) in [6.45, 7) is 9.78. The van der Waals surface area contributed by atoms with Crippen LogP contribution in [0.15, 0.2) is 0 Å². The number of nitrogens with one attached hydrogen (secondary N) is 1. The number of carboxylic acids is 1. The summed E-state index contributed by atoms with van der Waals surface area (Å²) in [5.41, 5.74) is 5.52. The molecule has 116 valence electrons. The van der Waals surface area contributed by atoms with Gasteiger partial charge in [-0.2, -0.15) is 0 Å². The van der Waals surface area contributed by atoms with Crippen molar-refractivity contribution < 1.29 is 14.7 Å². The van der Waals surface area contributed by atoms with Crippen LogP contribution in [0, 0.1) is 23.2 Å². The van der Waals surface area contributed by atoms with Crippen LogP contribution in [0.2, 0.25) is 0 Å². The predicted molar refractivity (Wildman–Crippen MR) is 78.0 cm³/mol. The molecule has 1 aliphatic rings. The van der Waals surface area contributed by atoms with Gasteiger partial charge in [-0.05, 0) is 30.1 Å². The number of carbonyl (C=O) groups is 2. The van der Waals surface area contributed by atoms with Crippen LogP contribution in [-0.2, 0) is 9.59 Å². The highest BCUT2D eigenvalue weighted by atomic mass is 16.4. The van der Waals surface area contributed by atoms with Crippen molar-refractivity contribution in [2.45, 2.75) is 59.5 Å². The summed E-state index contributed by atoms with van der Waals surface area (Å²) in [6.07, 6.45) is 1.28. The molecule has 4 atom stereocenters. The van der Waals surface area contributed by atoms with Crippen molar-refractivity contribution in [1.29, 1.82) is 0 Å². The van der Waals surface area contributed by atoms with Crippen molar-refractivity contribution in [3.05, 3.63) is 0 Å². The largest absolute Gasteiger partial charge is 0.481 e. The van der Waals surface area contributed by atoms with Crippen LogP contribution in [0.1, 0.15) is 47.5 Å². The Balaban J connectivity index is 2.76. The second kappa shape index (κ2) is 6.12. The van der Waals surface area contributed by atoms with Gasteiger partial charge in [-0.1, -0.05) is 34.6 Å². The normalized spacial score (nSPS) is 30.9. The molecule has 1 amide bonds. The standard InChI is InChI=1S/C15H28N2O3/c1-8(2)12(16)13(18)17-11-7-6-10(14(19)20)15(4,5)9(11)3/h8-12H,6-7,16H2,1-5H3,(H,17,18)(H,19,20)/t9?,10?,11?,12-/m0/s1. The van der Waals surface area contributed by atoms with Gasteiger partial charge in [-0.15, -0.1) is 0 Å². The first-order valence-corrected chi connectivity index (χ1v) is 7.37. The van der Waals surface area contributed by atoms with Crippen molar-refractivity contribution in [2.24, 2.45) is 28.9 Å². The zero-order valence-electron chi connectivity index (χ0n) is 13.1. The Bertz CT molecular complexity index is 379. The molecule has 0 aromatic rings. The number of carboxylic acid groups (broad SMARTS) is 1. The number of rotatable bonds is 4. The van der Waals surface area contributed by atoms with E-state index < -0.39 is 12.0 Å². The smallest absolute Gasteiger partial charge is 0.307 e. The molecule has 1 rings (SSSR count). The Labute approximate surface area is 121 Å². The second-order valence-electron chi connectivity index (χ2n) is 6.96. The average molecular weight is 284 g/mol.